The van der Waals surface area contributed by atoms with Gasteiger partial charge in [-0.05, 0) is 97.2 Å². The van der Waals surface area contributed by atoms with E-state index >= 15 is 0 Å². The predicted molar refractivity (Wildman–Crippen MR) is 122 cm³/mol. The second kappa shape index (κ2) is 8.34. The third-order valence-corrected chi connectivity index (χ3v) is 10.9. The Morgan fingerprint density at radius 1 is 0.767 bits per heavy atom. The lowest BCUT2D eigenvalue weighted by atomic mass is 9.43. The van der Waals surface area contributed by atoms with Crippen molar-refractivity contribution in [3.8, 4) is 0 Å². The highest BCUT2D eigenvalue weighted by molar-refractivity contribution is 5.12. The molecule has 0 amide bonds. The summed E-state index contributed by atoms with van der Waals surface area (Å²) in [5.74, 6) is 4.51. The van der Waals surface area contributed by atoms with Gasteiger partial charge in [-0.25, -0.2) is 0 Å². The first-order valence-electron chi connectivity index (χ1n) is 13.1. The molecule has 4 fully saturated rings. The van der Waals surface area contributed by atoms with Crippen LogP contribution in [-0.2, 0) is 0 Å². The van der Waals surface area contributed by atoms with Crippen molar-refractivity contribution >= 4 is 0 Å². The van der Waals surface area contributed by atoms with E-state index in [1.165, 1.54) is 44.9 Å². The van der Waals surface area contributed by atoms with Crippen LogP contribution in [0.5, 0.6) is 0 Å². The summed E-state index contributed by atoms with van der Waals surface area (Å²) in [6.45, 7) is 12.1. The highest BCUT2D eigenvalue weighted by Crippen LogP contribution is 2.68. The minimum absolute atomic E-state index is 0.0245. The van der Waals surface area contributed by atoms with Crippen LogP contribution in [0.2, 0.25) is 0 Å². The third kappa shape index (κ3) is 3.69. The van der Waals surface area contributed by atoms with Crippen LogP contribution in [0.25, 0.3) is 0 Å². The molecule has 3 N–H and O–H groups in total. The lowest BCUT2D eigenvalue weighted by molar-refractivity contribution is -0.195. The quantitative estimate of drug-likeness (QED) is 0.557. The summed E-state index contributed by atoms with van der Waals surface area (Å²) in [7, 11) is 0. The zero-order chi connectivity index (χ0) is 21.8. The van der Waals surface area contributed by atoms with Crippen molar-refractivity contribution in [3.05, 3.63) is 0 Å². The van der Waals surface area contributed by atoms with Crippen molar-refractivity contribution < 1.29 is 15.3 Å². The smallest absolute Gasteiger partial charge is 0.0804 e. The lowest BCUT2D eigenvalue weighted by Crippen LogP contribution is -2.60. The van der Waals surface area contributed by atoms with E-state index in [4.69, 9.17) is 0 Å². The number of hydrogen-bond acceptors (Lipinski definition) is 3. The molecular weight excluding hydrogens is 372 g/mol. The van der Waals surface area contributed by atoms with Crippen molar-refractivity contribution in [2.24, 2.45) is 52.3 Å². The number of rotatable bonds is 5. The number of aliphatic hydroxyl groups is 3. The Labute approximate surface area is 185 Å². The molecule has 0 aliphatic heterocycles. The molecule has 4 aliphatic carbocycles. The van der Waals surface area contributed by atoms with Crippen LogP contribution in [0, 0.1) is 52.3 Å². The molecule has 174 valence electrons. The summed E-state index contributed by atoms with van der Waals surface area (Å²) in [6.07, 6.45) is 9.88. The molecule has 0 spiro atoms. The van der Waals surface area contributed by atoms with Gasteiger partial charge < -0.3 is 15.3 Å². The Kier molecular flexibility index (Phi) is 6.41. The average Bonchev–Trinajstić information content (AvgIpc) is 3.01. The van der Waals surface area contributed by atoms with Gasteiger partial charge in [-0.3, -0.25) is 0 Å². The molecule has 4 aliphatic rings. The van der Waals surface area contributed by atoms with Gasteiger partial charge in [0.25, 0.3) is 0 Å². The van der Waals surface area contributed by atoms with Crippen molar-refractivity contribution in [1.82, 2.24) is 0 Å². The van der Waals surface area contributed by atoms with E-state index in [2.05, 4.69) is 34.6 Å². The van der Waals surface area contributed by atoms with Crippen LogP contribution in [0.3, 0.4) is 0 Å². The van der Waals surface area contributed by atoms with E-state index in [9.17, 15) is 15.3 Å². The molecule has 0 aromatic heterocycles. The van der Waals surface area contributed by atoms with E-state index in [0.717, 1.165) is 30.1 Å². The van der Waals surface area contributed by atoms with Gasteiger partial charge in [-0.2, -0.15) is 0 Å². The Morgan fingerprint density at radius 3 is 2.17 bits per heavy atom. The van der Waals surface area contributed by atoms with E-state index in [-0.39, 0.29) is 17.4 Å². The van der Waals surface area contributed by atoms with Crippen LogP contribution >= 0.6 is 0 Å². The van der Waals surface area contributed by atoms with Crippen molar-refractivity contribution in [2.45, 2.75) is 117 Å². The molecule has 3 heteroatoms. The maximum Gasteiger partial charge on any atom is 0.0804 e. The van der Waals surface area contributed by atoms with Gasteiger partial charge in [-0.15, -0.1) is 0 Å². The van der Waals surface area contributed by atoms with Gasteiger partial charge in [0, 0.05) is 0 Å². The molecule has 4 rings (SSSR count). The van der Waals surface area contributed by atoms with Crippen LogP contribution < -0.4 is 0 Å². The fourth-order valence-electron chi connectivity index (χ4n) is 9.35. The summed E-state index contributed by atoms with van der Waals surface area (Å²) in [6, 6.07) is 0. The molecule has 30 heavy (non-hydrogen) atoms. The van der Waals surface area contributed by atoms with E-state index in [1.807, 2.05) is 0 Å². The average molecular weight is 421 g/mol. The van der Waals surface area contributed by atoms with Crippen LogP contribution in [0.1, 0.15) is 98.8 Å². The molecule has 11 atom stereocenters. The lowest BCUT2D eigenvalue weighted by Gasteiger charge is -2.62. The van der Waals surface area contributed by atoms with Gasteiger partial charge in [0.2, 0.25) is 0 Å². The van der Waals surface area contributed by atoms with Gasteiger partial charge in [0.15, 0.2) is 0 Å². The molecule has 3 nitrogen and oxygen atoms in total. The van der Waals surface area contributed by atoms with Gasteiger partial charge in [0.1, 0.15) is 0 Å². The standard InChI is InChI=1S/C27H48O3/c1-16(2)7-6-8-17(3)19-9-10-20-18-13-23(28)22-14-24(29)25(30)15-27(22,5)21(18)11-12-26(19,20)4/h16-25,28-30H,6-15H2,1-5H3. The topological polar surface area (TPSA) is 60.7 Å². The highest BCUT2D eigenvalue weighted by Gasteiger charge is 2.63. The Balaban J connectivity index is 1.51. The monoisotopic (exact) mass is 420 g/mol. The largest absolute Gasteiger partial charge is 0.393 e. The molecule has 4 saturated carbocycles. The molecule has 0 bridgehead atoms. The van der Waals surface area contributed by atoms with Gasteiger partial charge in [-0.1, -0.05) is 53.9 Å². The maximum absolute atomic E-state index is 11.2. The summed E-state index contributed by atoms with van der Waals surface area (Å²) in [5.41, 5.74) is 0.400. The minimum atomic E-state index is -0.661. The Bertz CT molecular complexity index is 605. The fraction of sp³-hybridized carbons (Fsp3) is 1.00. The van der Waals surface area contributed by atoms with Crippen LogP contribution in [-0.4, -0.2) is 33.6 Å². The summed E-state index contributed by atoms with van der Waals surface area (Å²) >= 11 is 0. The first-order chi connectivity index (χ1) is 14.1. The first-order valence-corrected chi connectivity index (χ1v) is 13.1. The van der Waals surface area contributed by atoms with Crippen molar-refractivity contribution in [3.63, 3.8) is 0 Å². The maximum atomic E-state index is 11.2. The van der Waals surface area contributed by atoms with Crippen molar-refractivity contribution in [1.29, 1.82) is 0 Å². The molecule has 0 heterocycles. The summed E-state index contributed by atoms with van der Waals surface area (Å²) in [4.78, 5) is 0. The Hall–Kier alpha value is -0.120. The molecule has 0 aromatic carbocycles. The summed E-state index contributed by atoms with van der Waals surface area (Å²) in [5, 5.41) is 31.9. The molecular formula is C27H48O3. The van der Waals surface area contributed by atoms with E-state index < -0.39 is 12.2 Å². The van der Waals surface area contributed by atoms with Gasteiger partial charge in [0.05, 0.1) is 18.3 Å². The second-order valence-electron chi connectivity index (χ2n) is 12.9. The SMILES string of the molecule is CC(C)CCCC(C)C1CCC2C3CC(O)C4CC(O)C(O)CC4(C)C3CCC12C. The number of fused-ring (bicyclic) bond motifs is 5. The van der Waals surface area contributed by atoms with Crippen LogP contribution in [0.4, 0.5) is 0 Å². The minimum Gasteiger partial charge on any atom is -0.393 e. The first kappa shape index (κ1) is 23.1. The third-order valence-electron chi connectivity index (χ3n) is 10.9. The summed E-state index contributed by atoms with van der Waals surface area (Å²) < 4.78 is 0. The molecule has 0 aromatic rings. The zero-order valence-corrected chi connectivity index (χ0v) is 20.2. The van der Waals surface area contributed by atoms with Gasteiger partial charge >= 0.3 is 0 Å². The highest BCUT2D eigenvalue weighted by atomic mass is 16.3. The second-order valence-corrected chi connectivity index (χ2v) is 12.9. The van der Waals surface area contributed by atoms with Crippen molar-refractivity contribution in [2.75, 3.05) is 0 Å². The predicted octanol–water partition coefficient (Wildman–Crippen LogP) is 5.41. The molecule has 0 radical (unpaired) electrons. The molecule has 11 unspecified atom stereocenters. The fourth-order valence-corrected chi connectivity index (χ4v) is 9.35. The van der Waals surface area contributed by atoms with E-state index in [0.29, 0.717) is 30.1 Å². The number of aliphatic hydroxyl groups excluding tert-OH is 3. The normalized spacial score (nSPS) is 51.9. The van der Waals surface area contributed by atoms with Crippen LogP contribution in [0.15, 0.2) is 0 Å². The Morgan fingerprint density at radius 2 is 1.47 bits per heavy atom. The zero-order valence-electron chi connectivity index (χ0n) is 20.2. The number of hydrogen-bond donors (Lipinski definition) is 3. The molecule has 0 saturated heterocycles. The van der Waals surface area contributed by atoms with E-state index in [1.54, 1.807) is 0 Å².